The fraction of sp³-hybridized carbons (Fsp3) is 1.00. The number of rotatable bonds is 2. The first-order chi connectivity index (χ1) is 3.85. The Bertz CT molecular complexity index is 130. The van der Waals surface area contributed by atoms with E-state index in [2.05, 4.69) is 0 Å². The highest BCUT2D eigenvalue weighted by molar-refractivity contribution is 7.52. The number of aliphatic hydroxyl groups excluding tert-OH is 1. The zero-order valence-electron chi connectivity index (χ0n) is 4.93. The van der Waals surface area contributed by atoms with Crippen molar-refractivity contribution in [1.82, 2.24) is 0 Å². The third-order valence-corrected chi connectivity index (χ3v) is 1.97. The number of aliphatic hydroxyl groups is 1. The lowest BCUT2D eigenvalue weighted by Crippen LogP contribution is -2.30. The van der Waals surface area contributed by atoms with Crippen molar-refractivity contribution in [2.45, 2.75) is 18.8 Å². The van der Waals surface area contributed by atoms with Gasteiger partial charge in [0.15, 0.2) is 5.85 Å². The molecule has 0 aromatic heterocycles. The van der Waals surface area contributed by atoms with Gasteiger partial charge in [0, 0.05) is 6.04 Å². The summed E-state index contributed by atoms with van der Waals surface area (Å²) in [6.45, 7) is 1.32. The van der Waals surface area contributed by atoms with Gasteiger partial charge in [0.2, 0.25) is 0 Å². The Morgan fingerprint density at radius 1 is 1.56 bits per heavy atom. The van der Waals surface area contributed by atoms with Crippen LogP contribution in [0.2, 0.25) is 0 Å². The Hall–Kier alpha value is 0.0700. The van der Waals surface area contributed by atoms with Crippen molar-refractivity contribution < 1.29 is 19.5 Å². The van der Waals surface area contributed by atoms with Gasteiger partial charge in [-0.3, -0.25) is 4.57 Å². The molecule has 0 unspecified atom stereocenters. The zero-order valence-corrected chi connectivity index (χ0v) is 5.82. The summed E-state index contributed by atoms with van der Waals surface area (Å²) in [6, 6.07) is -0.897. The van der Waals surface area contributed by atoms with Gasteiger partial charge in [-0.1, -0.05) is 0 Å². The second kappa shape index (κ2) is 2.77. The second-order valence-electron chi connectivity index (χ2n) is 1.86. The Labute approximate surface area is 52.7 Å². The van der Waals surface area contributed by atoms with Crippen molar-refractivity contribution in [2.24, 2.45) is 5.73 Å². The summed E-state index contributed by atoms with van der Waals surface area (Å²) in [4.78, 5) is 16.5. The van der Waals surface area contributed by atoms with Gasteiger partial charge in [-0.15, -0.1) is 0 Å². The van der Waals surface area contributed by atoms with Gasteiger partial charge < -0.3 is 20.6 Å². The molecule has 0 rings (SSSR count). The standard InChI is InChI=1S/C3H10NO4P/c1-2(4)3(5)9(6,7)8/h2-3,5H,4H2,1H3,(H2,6,7,8)/t2-,3-/m1/s1. The molecule has 9 heavy (non-hydrogen) atoms. The molecule has 5 N–H and O–H groups in total. The summed E-state index contributed by atoms with van der Waals surface area (Å²) in [5, 5.41) is 8.57. The van der Waals surface area contributed by atoms with Crippen molar-refractivity contribution in [3.63, 3.8) is 0 Å². The van der Waals surface area contributed by atoms with Gasteiger partial charge >= 0.3 is 7.60 Å². The van der Waals surface area contributed by atoms with Crippen LogP contribution in [0.25, 0.3) is 0 Å². The van der Waals surface area contributed by atoms with Crippen LogP contribution in [0.1, 0.15) is 6.92 Å². The molecule has 0 aromatic carbocycles. The number of hydrogen-bond donors (Lipinski definition) is 4. The molecule has 0 fully saturated rings. The molecule has 0 saturated heterocycles. The summed E-state index contributed by atoms with van der Waals surface area (Å²) in [7, 11) is -4.38. The minimum atomic E-state index is -4.38. The van der Waals surface area contributed by atoms with Crippen LogP contribution in [0.15, 0.2) is 0 Å². The van der Waals surface area contributed by atoms with Crippen LogP contribution in [0.4, 0.5) is 0 Å². The molecule has 0 amide bonds. The summed E-state index contributed by atoms with van der Waals surface area (Å²) in [5.74, 6) is -1.74. The average molecular weight is 155 g/mol. The summed E-state index contributed by atoms with van der Waals surface area (Å²) in [6.07, 6.45) is 0. The van der Waals surface area contributed by atoms with Crippen LogP contribution in [0, 0.1) is 0 Å². The van der Waals surface area contributed by atoms with E-state index in [1.54, 1.807) is 0 Å². The van der Waals surface area contributed by atoms with Crippen molar-refractivity contribution >= 4 is 7.60 Å². The van der Waals surface area contributed by atoms with Gasteiger partial charge in [0.25, 0.3) is 0 Å². The minimum Gasteiger partial charge on any atom is -0.379 e. The fourth-order valence-corrected chi connectivity index (χ4v) is 0.919. The maximum absolute atomic E-state index is 10.1. The van der Waals surface area contributed by atoms with Gasteiger partial charge in [0.1, 0.15) is 0 Å². The Kier molecular flexibility index (Phi) is 2.79. The molecule has 0 saturated carbocycles. The maximum Gasteiger partial charge on any atom is 0.355 e. The highest BCUT2D eigenvalue weighted by atomic mass is 31.2. The highest BCUT2D eigenvalue weighted by Crippen LogP contribution is 2.40. The predicted molar refractivity (Wildman–Crippen MR) is 31.7 cm³/mol. The summed E-state index contributed by atoms with van der Waals surface area (Å²) < 4.78 is 10.1. The van der Waals surface area contributed by atoms with E-state index in [1.807, 2.05) is 0 Å². The third kappa shape index (κ3) is 2.93. The second-order valence-corrected chi connectivity index (χ2v) is 3.57. The Morgan fingerprint density at radius 3 is 1.89 bits per heavy atom. The van der Waals surface area contributed by atoms with E-state index in [4.69, 9.17) is 20.6 Å². The lowest BCUT2D eigenvalue weighted by molar-refractivity contribution is 0.182. The molecule has 0 spiro atoms. The molecule has 0 bridgehead atoms. The minimum absolute atomic E-state index is 0.897. The summed E-state index contributed by atoms with van der Waals surface area (Å²) in [5.41, 5.74) is 4.98. The van der Waals surface area contributed by atoms with E-state index >= 15 is 0 Å². The molecule has 2 atom stereocenters. The van der Waals surface area contributed by atoms with E-state index in [9.17, 15) is 4.57 Å². The molecular weight excluding hydrogens is 145 g/mol. The predicted octanol–water partition coefficient (Wildman–Crippen LogP) is -1.17. The first-order valence-electron chi connectivity index (χ1n) is 2.34. The van der Waals surface area contributed by atoms with Gasteiger partial charge in [-0.25, -0.2) is 0 Å². The average Bonchev–Trinajstić information content (AvgIpc) is 1.62. The van der Waals surface area contributed by atoms with Crippen molar-refractivity contribution in [3.05, 3.63) is 0 Å². The third-order valence-electron chi connectivity index (χ3n) is 0.815. The van der Waals surface area contributed by atoms with Gasteiger partial charge in [0.05, 0.1) is 0 Å². The normalized spacial score (nSPS) is 19.2. The van der Waals surface area contributed by atoms with Crippen molar-refractivity contribution in [3.8, 4) is 0 Å². The molecular formula is C3H10NO4P. The summed E-state index contributed by atoms with van der Waals surface area (Å²) >= 11 is 0. The topological polar surface area (TPSA) is 104 Å². The number of nitrogens with two attached hydrogens (primary N) is 1. The smallest absolute Gasteiger partial charge is 0.355 e. The lowest BCUT2D eigenvalue weighted by atomic mass is 10.4. The quantitative estimate of drug-likeness (QED) is 0.376. The Balaban J connectivity index is 4.05. The van der Waals surface area contributed by atoms with Crippen molar-refractivity contribution in [2.75, 3.05) is 0 Å². The molecule has 0 radical (unpaired) electrons. The monoisotopic (exact) mass is 155 g/mol. The largest absolute Gasteiger partial charge is 0.379 e. The SMILES string of the molecule is C[C@@H](N)[C@H](O)P(=O)(O)O. The molecule has 0 aromatic rings. The van der Waals surface area contributed by atoms with E-state index in [-0.39, 0.29) is 0 Å². The number of hydrogen-bond acceptors (Lipinski definition) is 3. The van der Waals surface area contributed by atoms with E-state index in [1.165, 1.54) is 6.92 Å². The zero-order chi connectivity index (χ0) is 7.65. The fourth-order valence-electron chi connectivity index (χ4n) is 0.306. The molecule has 6 heteroatoms. The van der Waals surface area contributed by atoms with Crippen LogP contribution in [0.5, 0.6) is 0 Å². The van der Waals surface area contributed by atoms with Gasteiger partial charge in [-0.2, -0.15) is 0 Å². The van der Waals surface area contributed by atoms with E-state index < -0.39 is 19.5 Å². The maximum atomic E-state index is 10.1. The van der Waals surface area contributed by atoms with Crippen LogP contribution in [-0.2, 0) is 4.57 Å². The van der Waals surface area contributed by atoms with E-state index in [0.717, 1.165) is 0 Å². The highest BCUT2D eigenvalue weighted by Gasteiger charge is 2.29. The molecule has 56 valence electrons. The molecule has 0 aliphatic rings. The molecule has 0 heterocycles. The first kappa shape index (κ1) is 9.07. The Morgan fingerprint density at radius 2 is 1.89 bits per heavy atom. The van der Waals surface area contributed by atoms with Crippen LogP contribution < -0.4 is 5.73 Å². The van der Waals surface area contributed by atoms with Crippen LogP contribution in [0.3, 0.4) is 0 Å². The van der Waals surface area contributed by atoms with E-state index in [0.29, 0.717) is 0 Å². The molecule has 0 aliphatic carbocycles. The van der Waals surface area contributed by atoms with Crippen LogP contribution >= 0.6 is 7.60 Å². The van der Waals surface area contributed by atoms with Gasteiger partial charge in [-0.05, 0) is 6.92 Å². The van der Waals surface area contributed by atoms with Crippen LogP contribution in [-0.4, -0.2) is 26.8 Å². The first-order valence-corrected chi connectivity index (χ1v) is 4.02. The molecule has 0 aliphatic heterocycles. The molecule has 5 nitrogen and oxygen atoms in total. The lowest BCUT2D eigenvalue weighted by Gasteiger charge is -2.14. The van der Waals surface area contributed by atoms with Crippen molar-refractivity contribution in [1.29, 1.82) is 0 Å².